The summed E-state index contributed by atoms with van der Waals surface area (Å²) in [5.74, 6) is 0.543. The van der Waals surface area contributed by atoms with Crippen LogP contribution >= 0.6 is 0 Å². The van der Waals surface area contributed by atoms with Crippen molar-refractivity contribution in [1.29, 1.82) is 0 Å². The smallest absolute Gasteiger partial charge is 0.269 e. The topological polar surface area (TPSA) is 99.8 Å². The number of carbonyl (C=O) groups is 1. The molecule has 0 radical (unpaired) electrons. The Kier molecular flexibility index (Phi) is 5.51. The Labute approximate surface area is 196 Å². The van der Waals surface area contributed by atoms with Crippen LogP contribution in [0.3, 0.4) is 0 Å². The minimum absolute atomic E-state index is 0.263. The Morgan fingerprint density at radius 2 is 1.53 bits per heavy atom. The molecule has 0 aliphatic rings. The van der Waals surface area contributed by atoms with Gasteiger partial charge in [0.1, 0.15) is 0 Å². The summed E-state index contributed by atoms with van der Waals surface area (Å²) in [6.45, 7) is 3.68. The standard InChI is InChI=1S/C27H23N5O2/c1-17-14-25(26(28)33)31-32(17)24-12-8-20(9-13-24)15-19-6-10-21(11-7-19)22-4-3-5-23(16-22)27-30-29-18(2)34-27/h3-14,16H,15H2,1-2H3,(H2,28,33). The van der Waals surface area contributed by atoms with Crippen molar-refractivity contribution in [1.82, 2.24) is 20.0 Å². The molecule has 7 heteroatoms. The molecule has 2 aromatic heterocycles. The van der Waals surface area contributed by atoms with E-state index in [9.17, 15) is 4.79 Å². The van der Waals surface area contributed by atoms with E-state index in [1.165, 1.54) is 11.1 Å². The van der Waals surface area contributed by atoms with E-state index in [1.807, 2.05) is 31.2 Å². The molecule has 7 nitrogen and oxygen atoms in total. The highest BCUT2D eigenvalue weighted by atomic mass is 16.4. The van der Waals surface area contributed by atoms with Gasteiger partial charge in [-0.3, -0.25) is 4.79 Å². The number of nitrogens with two attached hydrogens (primary N) is 1. The molecule has 2 N–H and O–H groups in total. The highest BCUT2D eigenvalue weighted by molar-refractivity contribution is 5.90. The van der Waals surface area contributed by atoms with Crippen molar-refractivity contribution in [3.05, 3.63) is 107 Å². The summed E-state index contributed by atoms with van der Waals surface area (Å²) >= 11 is 0. The maximum atomic E-state index is 11.4. The van der Waals surface area contributed by atoms with Gasteiger partial charge in [-0.2, -0.15) is 5.10 Å². The maximum absolute atomic E-state index is 11.4. The van der Waals surface area contributed by atoms with Gasteiger partial charge in [-0.05, 0) is 65.9 Å². The molecule has 5 aromatic rings. The summed E-state index contributed by atoms with van der Waals surface area (Å²) in [5, 5.41) is 12.3. The van der Waals surface area contributed by atoms with Crippen LogP contribution in [-0.2, 0) is 6.42 Å². The van der Waals surface area contributed by atoms with E-state index in [2.05, 4.69) is 63.8 Å². The van der Waals surface area contributed by atoms with Crippen LogP contribution in [0.25, 0.3) is 28.3 Å². The van der Waals surface area contributed by atoms with E-state index in [1.54, 1.807) is 17.7 Å². The fraction of sp³-hybridized carbons (Fsp3) is 0.111. The molecular weight excluding hydrogens is 426 g/mol. The fourth-order valence-corrected chi connectivity index (χ4v) is 3.91. The third-order valence-corrected chi connectivity index (χ3v) is 5.65. The lowest BCUT2D eigenvalue weighted by atomic mass is 9.99. The maximum Gasteiger partial charge on any atom is 0.269 e. The van der Waals surface area contributed by atoms with Crippen molar-refractivity contribution in [3.8, 4) is 28.3 Å². The Morgan fingerprint density at radius 1 is 0.853 bits per heavy atom. The van der Waals surface area contributed by atoms with Crippen molar-refractivity contribution < 1.29 is 9.21 Å². The predicted octanol–water partition coefficient (Wildman–Crippen LogP) is 4.90. The van der Waals surface area contributed by atoms with Crippen LogP contribution in [-0.4, -0.2) is 25.9 Å². The van der Waals surface area contributed by atoms with Crippen LogP contribution in [0.2, 0.25) is 0 Å². The van der Waals surface area contributed by atoms with Gasteiger partial charge in [-0.15, -0.1) is 10.2 Å². The summed E-state index contributed by atoms with van der Waals surface area (Å²) in [4.78, 5) is 11.4. The first-order chi connectivity index (χ1) is 16.5. The van der Waals surface area contributed by atoms with Crippen molar-refractivity contribution in [2.24, 2.45) is 5.73 Å². The zero-order valence-corrected chi connectivity index (χ0v) is 18.9. The highest BCUT2D eigenvalue weighted by Crippen LogP contribution is 2.26. The van der Waals surface area contributed by atoms with Gasteiger partial charge in [0.2, 0.25) is 11.8 Å². The van der Waals surface area contributed by atoms with Crippen molar-refractivity contribution in [2.45, 2.75) is 20.3 Å². The number of aryl methyl sites for hydroxylation is 2. The molecule has 0 aliphatic heterocycles. The van der Waals surface area contributed by atoms with Crippen molar-refractivity contribution in [2.75, 3.05) is 0 Å². The van der Waals surface area contributed by atoms with Gasteiger partial charge >= 0.3 is 0 Å². The summed E-state index contributed by atoms with van der Waals surface area (Å²) in [6.07, 6.45) is 0.812. The molecule has 0 spiro atoms. The molecule has 0 unspecified atom stereocenters. The lowest BCUT2D eigenvalue weighted by Gasteiger charge is -2.08. The highest BCUT2D eigenvalue weighted by Gasteiger charge is 2.11. The molecule has 0 atom stereocenters. The minimum Gasteiger partial charge on any atom is -0.421 e. The quantitative estimate of drug-likeness (QED) is 0.398. The number of rotatable bonds is 6. The number of hydrogen-bond donors (Lipinski definition) is 1. The molecular formula is C27H23N5O2. The number of primary amides is 1. The van der Waals surface area contributed by atoms with E-state index in [-0.39, 0.29) is 5.69 Å². The number of nitrogens with zero attached hydrogens (tertiary/aromatic N) is 4. The lowest BCUT2D eigenvalue weighted by molar-refractivity contribution is 0.0995. The van der Waals surface area contributed by atoms with Gasteiger partial charge in [-0.1, -0.05) is 48.5 Å². The Morgan fingerprint density at radius 3 is 2.15 bits per heavy atom. The van der Waals surface area contributed by atoms with Crippen LogP contribution in [0.1, 0.15) is 33.2 Å². The van der Waals surface area contributed by atoms with Crippen LogP contribution in [0, 0.1) is 13.8 Å². The summed E-state index contributed by atoms with van der Waals surface area (Å²) < 4.78 is 7.28. The zero-order valence-electron chi connectivity index (χ0n) is 18.9. The molecule has 168 valence electrons. The van der Waals surface area contributed by atoms with Crippen LogP contribution < -0.4 is 5.73 Å². The first kappa shape index (κ1) is 21.3. The second-order valence-electron chi connectivity index (χ2n) is 8.19. The molecule has 0 fully saturated rings. The predicted molar refractivity (Wildman–Crippen MR) is 130 cm³/mol. The van der Waals surface area contributed by atoms with E-state index in [4.69, 9.17) is 10.2 Å². The Balaban J connectivity index is 1.31. The molecule has 34 heavy (non-hydrogen) atoms. The first-order valence-corrected chi connectivity index (χ1v) is 10.9. The second kappa shape index (κ2) is 8.78. The molecule has 2 heterocycles. The van der Waals surface area contributed by atoms with Gasteiger partial charge in [0.15, 0.2) is 5.69 Å². The van der Waals surface area contributed by atoms with Gasteiger partial charge < -0.3 is 10.2 Å². The third-order valence-electron chi connectivity index (χ3n) is 5.65. The number of benzene rings is 3. The van der Waals surface area contributed by atoms with Gasteiger partial charge in [-0.25, -0.2) is 4.68 Å². The molecule has 1 amide bonds. The van der Waals surface area contributed by atoms with Crippen LogP contribution in [0.5, 0.6) is 0 Å². The van der Waals surface area contributed by atoms with Crippen LogP contribution in [0.15, 0.2) is 83.3 Å². The number of amides is 1. The number of aromatic nitrogens is 4. The Bertz CT molecular complexity index is 1460. The van der Waals surface area contributed by atoms with Crippen molar-refractivity contribution in [3.63, 3.8) is 0 Å². The molecule has 0 saturated heterocycles. The molecule has 5 rings (SSSR count). The summed E-state index contributed by atoms with van der Waals surface area (Å²) in [5.41, 5.74) is 12.9. The molecule has 0 aliphatic carbocycles. The third kappa shape index (κ3) is 4.36. The fourth-order valence-electron chi connectivity index (χ4n) is 3.91. The van der Waals surface area contributed by atoms with E-state index < -0.39 is 5.91 Å². The minimum atomic E-state index is -0.529. The van der Waals surface area contributed by atoms with Gasteiger partial charge in [0.25, 0.3) is 5.91 Å². The SMILES string of the molecule is Cc1nnc(-c2cccc(-c3ccc(Cc4ccc(-n5nc(C(N)=O)cc5C)cc4)cc3)c2)o1. The van der Waals surface area contributed by atoms with Crippen LogP contribution in [0.4, 0.5) is 0 Å². The van der Waals surface area contributed by atoms with Crippen molar-refractivity contribution >= 4 is 5.91 Å². The first-order valence-electron chi connectivity index (χ1n) is 10.9. The molecule has 0 saturated carbocycles. The van der Waals surface area contributed by atoms with E-state index in [0.717, 1.165) is 34.5 Å². The molecule has 0 bridgehead atoms. The van der Waals surface area contributed by atoms with E-state index >= 15 is 0 Å². The van der Waals surface area contributed by atoms with E-state index in [0.29, 0.717) is 11.8 Å². The molecule has 3 aromatic carbocycles. The zero-order chi connectivity index (χ0) is 23.7. The largest absolute Gasteiger partial charge is 0.421 e. The second-order valence-corrected chi connectivity index (χ2v) is 8.19. The normalized spacial score (nSPS) is 11.0. The lowest BCUT2D eigenvalue weighted by Crippen LogP contribution is -2.12. The Hall–Kier alpha value is -4.52. The number of carbonyl (C=O) groups excluding carboxylic acids is 1. The van der Waals surface area contributed by atoms with Gasteiger partial charge in [0, 0.05) is 18.2 Å². The summed E-state index contributed by atoms with van der Waals surface area (Å²) in [7, 11) is 0. The number of hydrogen-bond acceptors (Lipinski definition) is 5. The average Bonchev–Trinajstić information content (AvgIpc) is 3.46. The van der Waals surface area contributed by atoms with Gasteiger partial charge in [0.05, 0.1) is 5.69 Å². The monoisotopic (exact) mass is 449 g/mol. The average molecular weight is 450 g/mol. The summed E-state index contributed by atoms with van der Waals surface area (Å²) in [6, 6.07) is 26.5.